The molecule has 2 aromatic rings. The van der Waals surface area contributed by atoms with E-state index in [9.17, 15) is 0 Å². The number of benzene rings is 1. The highest BCUT2D eigenvalue weighted by atomic mass is 16.7. The zero-order valence-corrected chi connectivity index (χ0v) is 15.5. The molecule has 7 nitrogen and oxygen atoms in total. The quantitative estimate of drug-likeness (QED) is 0.611. The number of aliphatic imine (C=N–C) groups is 1. The van der Waals surface area contributed by atoms with Crippen LogP contribution in [0.15, 0.2) is 41.5 Å². The minimum atomic E-state index is 0.285. The van der Waals surface area contributed by atoms with Crippen molar-refractivity contribution in [3.63, 3.8) is 0 Å². The van der Waals surface area contributed by atoms with E-state index in [1.807, 2.05) is 56.4 Å². The van der Waals surface area contributed by atoms with Crippen molar-refractivity contribution >= 4 is 11.8 Å². The Morgan fingerprint density at radius 1 is 1.12 bits per heavy atom. The van der Waals surface area contributed by atoms with Gasteiger partial charge in [0.15, 0.2) is 17.5 Å². The van der Waals surface area contributed by atoms with Gasteiger partial charge in [-0.2, -0.15) is 0 Å². The first-order chi connectivity index (χ1) is 12.7. The van der Waals surface area contributed by atoms with Gasteiger partial charge in [-0.3, -0.25) is 0 Å². The van der Waals surface area contributed by atoms with Crippen molar-refractivity contribution in [2.75, 3.05) is 32.3 Å². The third kappa shape index (κ3) is 4.56. The summed E-state index contributed by atoms with van der Waals surface area (Å²) in [6.45, 7) is 4.37. The van der Waals surface area contributed by atoms with Crippen LogP contribution < -0.4 is 25.0 Å². The van der Waals surface area contributed by atoms with Crippen molar-refractivity contribution < 1.29 is 9.47 Å². The number of rotatable bonds is 6. The van der Waals surface area contributed by atoms with Crippen LogP contribution >= 0.6 is 0 Å². The minimum Gasteiger partial charge on any atom is -0.454 e. The Morgan fingerprint density at radius 2 is 1.96 bits per heavy atom. The molecule has 1 aliphatic heterocycles. The largest absolute Gasteiger partial charge is 0.454 e. The third-order valence-electron chi connectivity index (χ3n) is 3.93. The molecule has 0 atom stereocenters. The molecule has 1 aromatic carbocycles. The van der Waals surface area contributed by atoms with Crippen LogP contribution in [0.25, 0.3) is 0 Å². The van der Waals surface area contributed by atoms with Crippen LogP contribution in [-0.2, 0) is 13.1 Å². The monoisotopic (exact) mass is 355 g/mol. The second-order valence-corrected chi connectivity index (χ2v) is 6.15. The number of pyridine rings is 1. The topological polar surface area (TPSA) is 71.0 Å². The molecule has 2 N–H and O–H groups in total. The molecule has 0 unspecified atom stereocenters. The van der Waals surface area contributed by atoms with Gasteiger partial charge in [0.25, 0.3) is 0 Å². The highest BCUT2D eigenvalue weighted by molar-refractivity contribution is 5.79. The first-order valence-electron chi connectivity index (χ1n) is 8.68. The second-order valence-electron chi connectivity index (χ2n) is 6.15. The molecule has 0 fully saturated rings. The Labute approximate surface area is 154 Å². The van der Waals surface area contributed by atoms with E-state index in [0.717, 1.165) is 40.9 Å². The maximum absolute atomic E-state index is 5.42. The fourth-order valence-corrected chi connectivity index (χ4v) is 2.55. The van der Waals surface area contributed by atoms with E-state index >= 15 is 0 Å². The fraction of sp³-hybridized carbons (Fsp3) is 0.368. The molecule has 0 bridgehead atoms. The average Bonchev–Trinajstić information content (AvgIpc) is 3.12. The lowest BCUT2D eigenvalue weighted by Gasteiger charge is -2.14. The Morgan fingerprint density at radius 3 is 2.77 bits per heavy atom. The SMILES string of the molecule is CCNC(=NCc1ccc2c(c1)OCO2)NCc1ccnc(N(C)C)c1. The predicted molar refractivity (Wildman–Crippen MR) is 103 cm³/mol. The van der Waals surface area contributed by atoms with Crippen molar-refractivity contribution in [2.24, 2.45) is 4.99 Å². The summed E-state index contributed by atoms with van der Waals surface area (Å²) in [4.78, 5) is 11.0. The standard InChI is InChI=1S/C19H25N5O2/c1-4-20-19(23-12-15-7-8-21-18(10-15)24(2)3)22-11-14-5-6-16-17(9-14)26-13-25-16/h5-10H,4,11-13H2,1-3H3,(H2,20,22,23). The molecular formula is C19H25N5O2. The summed E-state index contributed by atoms with van der Waals surface area (Å²) in [6.07, 6.45) is 1.82. The van der Waals surface area contributed by atoms with Crippen molar-refractivity contribution in [3.05, 3.63) is 47.7 Å². The van der Waals surface area contributed by atoms with E-state index in [1.54, 1.807) is 0 Å². The smallest absolute Gasteiger partial charge is 0.231 e. The van der Waals surface area contributed by atoms with Gasteiger partial charge in [0, 0.05) is 33.4 Å². The Bertz CT molecular complexity index is 776. The number of anilines is 1. The van der Waals surface area contributed by atoms with E-state index in [4.69, 9.17) is 9.47 Å². The Kier molecular flexibility index (Phi) is 5.78. The summed E-state index contributed by atoms with van der Waals surface area (Å²) >= 11 is 0. The van der Waals surface area contributed by atoms with Crippen LogP contribution in [0.3, 0.4) is 0 Å². The Balaban J connectivity index is 1.63. The number of hydrogen-bond donors (Lipinski definition) is 2. The van der Waals surface area contributed by atoms with E-state index < -0.39 is 0 Å². The maximum atomic E-state index is 5.42. The summed E-state index contributed by atoms with van der Waals surface area (Å²) < 4.78 is 10.8. The number of hydrogen-bond acceptors (Lipinski definition) is 5. The van der Waals surface area contributed by atoms with Gasteiger partial charge in [-0.15, -0.1) is 0 Å². The van der Waals surface area contributed by atoms with Gasteiger partial charge in [0.2, 0.25) is 6.79 Å². The number of aromatic nitrogens is 1. The van der Waals surface area contributed by atoms with Crippen LogP contribution in [0.5, 0.6) is 11.5 Å². The van der Waals surface area contributed by atoms with E-state index in [2.05, 4.69) is 26.7 Å². The molecule has 0 spiro atoms. The van der Waals surface area contributed by atoms with Gasteiger partial charge >= 0.3 is 0 Å². The van der Waals surface area contributed by atoms with Gasteiger partial charge in [0.1, 0.15) is 5.82 Å². The third-order valence-corrected chi connectivity index (χ3v) is 3.93. The summed E-state index contributed by atoms with van der Waals surface area (Å²) in [7, 11) is 3.97. The van der Waals surface area contributed by atoms with E-state index in [1.165, 1.54) is 0 Å². The van der Waals surface area contributed by atoms with Gasteiger partial charge < -0.3 is 25.0 Å². The summed E-state index contributed by atoms with van der Waals surface area (Å²) in [5.41, 5.74) is 2.22. The zero-order valence-electron chi connectivity index (χ0n) is 15.5. The molecule has 1 aromatic heterocycles. The van der Waals surface area contributed by atoms with E-state index in [0.29, 0.717) is 13.1 Å². The molecule has 0 radical (unpaired) electrons. The molecule has 0 saturated heterocycles. The zero-order chi connectivity index (χ0) is 18.4. The first-order valence-corrected chi connectivity index (χ1v) is 8.68. The highest BCUT2D eigenvalue weighted by Gasteiger charge is 2.13. The van der Waals surface area contributed by atoms with Crippen molar-refractivity contribution in [2.45, 2.75) is 20.0 Å². The van der Waals surface area contributed by atoms with Crippen LogP contribution in [-0.4, -0.2) is 38.4 Å². The first kappa shape index (κ1) is 17.8. The summed E-state index contributed by atoms with van der Waals surface area (Å²) in [5.74, 6) is 3.28. The van der Waals surface area contributed by atoms with Gasteiger partial charge in [-0.05, 0) is 42.3 Å². The van der Waals surface area contributed by atoms with Crippen molar-refractivity contribution in [3.8, 4) is 11.5 Å². The molecule has 0 amide bonds. The molecule has 2 heterocycles. The summed E-state index contributed by atoms with van der Waals surface area (Å²) in [6, 6.07) is 9.97. The lowest BCUT2D eigenvalue weighted by Crippen LogP contribution is -2.36. The molecule has 7 heteroatoms. The second kappa shape index (κ2) is 8.42. The number of fused-ring (bicyclic) bond motifs is 1. The number of nitrogens with one attached hydrogen (secondary N) is 2. The van der Waals surface area contributed by atoms with Crippen LogP contribution in [0.2, 0.25) is 0 Å². The average molecular weight is 355 g/mol. The summed E-state index contributed by atoms with van der Waals surface area (Å²) in [5, 5.41) is 6.63. The van der Waals surface area contributed by atoms with Gasteiger partial charge in [-0.1, -0.05) is 6.07 Å². The van der Waals surface area contributed by atoms with Crippen molar-refractivity contribution in [1.82, 2.24) is 15.6 Å². The van der Waals surface area contributed by atoms with Crippen LogP contribution in [0, 0.1) is 0 Å². The van der Waals surface area contributed by atoms with Crippen LogP contribution in [0.4, 0.5) is 5.82 Å². The van der Waals surface area contributed by atoms with Crippen LogP contribution in [0.1, 0.15) is 18.1 Å². The molecular weight excluding hydrogens is 330 g/mol. The fourth-order valence-electron chi connectivity index (χ4n) is 2.55. The highest BCUT2D eigenvalue weighted by Crippen LogP contribution is 2.32. The van der Waals surface area contributed by atoms with Gasteiger partial charge in [0.05, 0.1) is 6.54 Å². The molecule has 1 aliphatic rings. The van der Waals surface area contributed by atoms with E-state index in [-0.39, 0.29) is 6.79 Å². The lowest BCUT2D eigenvalue weighted by atomic mass is 10.2. The Hall–Kier alpha value is -2.96. The number of guanidine groups is 1. The minimum absolute atomic E-state index is 0.285. The lowest BCUT2D eigenvalue weighted by molar-refractivity contribution is 0.174. The molecule has 26 heavy (non-hydrogen) atoms. The maximum Gasteiger partial charge on any atom is 0.231 e. The van der Waals surface area contributed by atoms with Crippen molar-refractivity contribution in [1.29, 1.82) is 0 Å². The molecule has 138 valence electrons. The molecule has 0 aliphatic carbocycles. The molecule has 3 rings (SSSR count). The number of ether oxygens (including phenoxy) is 2. The molecule has 0 saturated carbocycles. The van der Waals surface area contributed by atoms with Gasteiger partial charge in [-0.25, -0.2) is 9.98 Å². The number of nitrogens with zero attached hydrogens (tertiary/aromatic N) is 3. The predicted octanol–water partition coefficient (Wildman–Crippen LogP) is 2.13. The normalized spacial score (nSPS) is 12.8.